The molecule has 2 amide bonds. The van der Waals surface area contributed by atoms with Gasteiger partial charge in [-0.25, -0.2) is 0 Å². The van der Waals surface area contributed by atoms with Crippen molar-refractivity contribution in [2.45, 2.75) is 73.0 Å². The molecule has 0 spiro atoms. The molecule has 32 heavy (non-hydrogen) atoms. The van der Waals surface area contributed by atoms with Crippen LogP contribution < -0.4 is 0 Å². The van der Waals surface area contributed by atoms with Crippen LogP contribution in [-0.4, -0.2) is 45.3 Å². The van der Waals surface area contributed by atoms with Crippen molar-refractivity contribution in [3.05, 3.63) is 58.9 Å². The van der Waals surface area contributed by atoms with Crippen LogP contribution in [-0.2, 0) is 22.7 Å². The molecule has 1 aromatic carbocycles. The van der Waals surface area contributed by atoms with Crippen LogP contribution in [0, 0.1) is 5.92 Å². The fourth-order valence-corrected chi connectivity index (χ4v) is 3.96. The van der Waals surface area contributed by atoms with Crippen molar-refractivity contribution in [2.24, 2.45) is 5.92 Å². The van der Waals surface area contributed by atoms with Crippen molar-refractivity contribution >= 4 is 23.4 Å². The molecule has 1 aromatic heterocycles. The Morgan fingerprint density at radius 3 is 2.38 bits per heavy atom. The van der Waals surface area contributed by atoms with E-state index in [2.05, 4.69) is 25.3 Å². The lowest BCUT2D eigenvalue weighted by atomic mass is 10.1. The van der Waals surface area contributed by atoms with E-state index < -0.39 is 0 Å². The van der Waals surface area contributed by atoms with E-state index in [1.54, 1.807) is 4.90 Å². The molecule has 2 aromatic rings. The smallest absolute Gasteiger partial charge is 0.242 e. The van der Waals surface area contributed by atoms with Crippen molar-refractivity contribution in [3.63, 3.8) is 0 Å². The first-order valence-electron chi connectivity index (χ1n) is 11.7. The van der Waals surface area contributed by atoms with Crippen molar-refractivity contribution in [1.82, 2.24) is 14.4 Å². The summed E-state index contributed by atoms with van der Waals surface area (Å²) in [6.07, 6.45) is 4.11. The SMILES string of the molecule is CCCC(=O)N(CC(=O)N(Cc1cccn1Cc1ccccc1Cl)CC(C)C)C(C)CC. The third-order valence-electron chi connectivity index (χ3n) is 5.73. The van der Waals surface area contributed by atoms with Gasteiger partial charge in [-0.05, 0) is 49.4 Å². The molecule has 0 aliphatic heterocycles. The summed E-state index contributed by atoms with van der Waals surface area (Å²) >= 11 is 6.36. The number of rotatable bonds is 12. The highest BCUT2D eigenvalue weighted by Gasteiger charge is 2.25. The van der Waals surface area contributed by atoms with Gasteiger partial charge in [-0.3, -0.25) is 9.59 Å². The van der Waals surface area contributed by atoms with Crippen molar-refractivity contribution < 1.29 is 9.59 Å². The number of nitrogens with zero attached hydrogens (tertiary/aromatic N) is 3. The van der Waals surface area contributed by atoms with Crippen molar-refractivity contribution in [3.8, 4) is 0 Å². The van der Waals surface area contributed by atoms with Gasteiger partial charge in [-0.1, -0.05) is 57.5 Å². The lowest BCUT2D eigenvalue weighted by molar-refractivity contribution is -0.143. The summed E-state index contributed by atoms with van der Waals surface area (Å²) in [6, 6.07) is 11.9. The second-order valence-corrected chi connectivity index (χ2v) is 9.32. The molecule has 0 radical (unpaired) electrons. The average Bonchev–Trinajstić information content (AvgIpc) is 3.18. The van der Waals surface area contributed by atoms with Gasteiger partial charge in [-0.15, -0.1) is 0 Å². The lowest BCUT2D eigenvalue weighted by Gasteiger charge is -2.32. The van der Waals surface area contributed by atoms with E-state index in [0.29, 0.717) is 32.0 Å². The predicted octanol–water partition coefficient (Wildman–Crippen LogP) is 5.60. The predicted molar refractivity (Wildman–Crippen MR) is 132 cm³/mol. The van der Waals surface area contributed by atoms with Gasteiger partial charge < -0.3 is 14.4 Å². The fourth-order valence-electron chi connectivity index (χ4n) is 3.76. The highest BCUT2D eigenvalue weighted by atomic mass is 35.5. The molecule has 0 saturated carbocycles. The summed E-state index contributed by atoms with van der Waals surface area (Å²) in [4.78, 5) is 29.7. The van der Waals surface area contributed by atoms with E-state index in [-0.39, 0.29) is 24.4 Å². The topological polar surface area (TPSA) is 45.6 Å². The van der Waals surface area contributed by atoms with E-state index in [1.165, 1.54) is 0 Å². The maximum atomic E-state index is 13.4. The van der Waals surface area contributed by atoms with Crippen LogP contribution in [0.3, 0.4) is 0 Å². The average molecular weight is 460 g/mol. The third-order valence-corrected chi connectivity index (χ3v) is 6.09. The van der Waals surface area contributed by atoms with Gasteiger partial charge in [0.1, 0.15) is 0 Å². The molecule has 2 rings (SSSR count). The Morgan fingerprint density at radius 2 is 1.75 bits per heavy atom. The first kappa shape index (κ1) is 26.0. The van der Waals surface area contributed by atoms with Crippen LogP contribution in [0.2, 0.25) is 5.02 Å². The first-order chi connectivity index (χ1) is 15.3. The maximum Gasteiger partial charge on any atom is 0.242 e. The minimum atomic E-state index is -0.00561. The molecule has 6 heteroatoms. The van der Waals surface area contributed by atoms with Crippen LogP contribution in [0.4, 0.5) is 0 Å². The largest absolute Gasteiger partial charge is 0.345 e. The lowest BCUT2D eigenvalue weighted by Crippen LogP contribution is -2.47. The molecule has 1 atom stereocenters. The Kier molecular flexibility index (Phi) is 10.3. The van der Waals surface area contributed by atoms with Gasteiger partial charge in [0.15, 0.2) is 0 Å². The van der Waals surface area contributed by atoms with Gasteiger partial charge in [-0.2, -0.15) is 0 Å². The van der Waals surface area contributed by atoms with Crippen LogP contribution >= 0.6 is 11.6 Å². The normalized spacial score (nSPS) is 12.1. The molecular weight excluding hydrogens is 422 g/mol. The molecule has 0 N–H and O–H groups in total. The molecule has 0 fully saturated rings. The van der Waals surface area contributed by atoms with Crippen LogP contribution in [0.5, 0.6) is 0 Å². The molecule has 0 aliphatic rings. The third kappa shape index (κ3) is 7.40. The van der Waals surface area contributed by atoms with Gasteiger partial charge in [0.05, 0.1) is 13.1 Å². The quantitative estimate of drug-likeness (QED) is 0.414. The van der Waals surface area contributed by atoms with Gasteiger partial charge in [0.25, 0.3) is 0 Å². The highest BCUT2D eigenvalue weighted by molar-refractivity contribution is 6.31. The summed E-state index contributed by atoms with van der Waals surface area (Å²) in [7, 11) is 0. The maximum absolute atomic E-state index is 13.4. The first-order valence-corrected chi connectivity index (χ1v) is 12.1. The Bertz CT molecular complexity index is 877. The Labute approximate surface area is 198 Å². The van der Waals surface area contributed by atoms with E-state index in [1.807, 2.05) is 61.3 Å². The molecule has 0 aliphatic carbocycles. The number of amides is 2. The molecule has 176 valence electrons. The van der Waals surface area contributed by atoms with Crippen LogP contribution in [0.15, 0.2) is 42.6 Å². The molecule has 5 nitrogen and oxygen atoms in total. The number of benzene rings is 1. The zero-order valence-electron chi connectivity index (χ0n) is 20.2. The standard InChI is InChI=1S/C26H38ClN3O2/c1-6-11-25(31)30(21(5)7-2)19-26(32)29(16-20(3)4)18-23-13-10-15-28(23)17-22-12-8-9-14-24(22)27/h8-10,12-15,20-21H,6-7,11,16-19H2,1-5H3. The van der Waals surface area contributed by atoms with E-state index in [9.17, 15) is 9.59 Å². The molecule has 1 unspecified atom stereocenters. The molecular formula is C26H38ClN3O2. The van der Waals surface area contributed by atoms with Gasteiger partial charge >= 0.3 is 0 Å². The number of hydrogen-bond donors (Lipinski definition) is 0. The van der Waals surface area contributed by atoms with Crippen LogP contribution in [0.25, 0.3) is 0 Å². The summed E-state index contributed by atoms with van der Waals surface area (Å²) in [5, 5.41) is 0.737. The number of carbonyl (C=O) groups excluding carboxylic acids is 2. The molecule has 0 bridgehead atoms. The monoisotopic (exact) mass is 459 g/mol. The van der Waals surface area contributed by atoms with Crippen molar-refractivity contribution in [2.75, 3.05) is 13.1 Å². The zero-order chi connectivity index (χ0) is 23.7. The summed E-state index contributed by atoms with van der Waals surface area (Å²) in [6.45, 7) is 12.2. The van der Waals surface area contributed by atoms with Gasteiger partial charge in [0.2, 0.25) is 11.8 Å². The molecule has 0 saturated heterocycles. The van der Waals surface area contributed by atoms with Crippen molar-refractivity contribution in [1.29, 1.82) is 0 Å². The van der Waals surface area contributed by atoms with E-state index >= 15 is 0 Å². The second kappa shape index (κ2) is 12.7. The minimum absolute atomic E-state index is 0.00561. The Balaban J connectivity index is 2.20. The minimum Gasteiger partial charge on any atom is -0.345 e. The van der Waals surface area contributed by atoms with E-state index in [0.717, 1.165) is 29.1 Å². The second-order valence-electron chi connectivity index (χ2n) is 8.92. The van der Waals surface area contributed by atoms with Crippen LogP contribution in [0.1, 0.15) is 65.1 Å². The van der Waals surface area contributed by atoms with Gasteiger partial charge in [0, 0.05) is 42.5 Å². The number of halogens is 1. The summed E-state index contributed by atoms with van der Waals surface area (Å²) in [5.74, 6) is 0.380. The Hall–Kier alpha value is -2.27. The Morgan fingerprint density at radius 1 is 1.03 bits per heavy atom. The molecule has 1 heterocycles. The number of hydrogen-bond acceptors (Lipinski definition) is 2. The summed E-state index contributed by atoms with van der Waals surface area (Å²) < 4.78 is 2.14. The summed E-state index contributed by atoms with van der Waals surface area (Å²) in [5.41, 5.74) is 2.09. The van der Waals surface area contributed by atoms with E-state index in [4.69, 9.17) is 11.6 Å². The number of aromatic nitrogens is 1. The number of carbonyl (C=O) groups is 2. The fraction of sp³-hybridized carbons (Fsp3) is 0.538. The zero-order valence-corrected chi connectivity index (χ0v) is 20.9. The highest BCUT2D eigenvalue weighted by Crippen LogP contribution is 2.19.